The van der Waals surface area contributed by atoms with Crippen molar-refractivity contribution >= 4 is 146 Å². The number of aryl methyl sites for hydroxylation is 1. The van der Waals surface area contributed by atoms with Gasteiger partial charge in [-0.2, -0.15) is 52.7 Å². The van der Waals surface area contributed by atoms with Crippen LogP contribution >= 0.6 is 0 Å². The fourth-order valence-electron chi connectivity index (χ4n) is 21.2. The molecule has 20 aromatic carbocycles. The summed E-state index contributed by atoms with van der Waals surface area (Å²) in [5.41, 5.74) is 30.0. The molecule has 22 heteroatoms. The summed E-state index contributed by atoms with van der Waals surface area (Å²) < 4.78 is 160. The molecule has 0 N–H and O–H groups in total. The first-order valence-electron chi connectivity index (χ1n) is 48.4. The van der Waals surface area contributed by atoms with Crippen molar-refractivity contribution in [3.63, 3.8) is 0 Å². The summed E-state index contributed by atoms with van der Waals surface area (Å²) in [4.78, 5) is 11.0. The molecule has 712 valence electrons. The van der Waals surface area contributed by atoms with Gasteiger partial charge in [0.2, 0.25) is 0 Å². The standard InChI is InChI=1S/4C25H17BF3N.C25H20BN/c27-25(28,29)18-9-8-10-19(17-18)26-23-15-6-4-13-21(23)22-14-5-7-16-24(22)30(26)20-11-2-1-3-12-20;27-25(28,29)18-9-8-12-20(17-18)30-24-16-7-5-14-22(24)21-13-4-6-15-23(21)26(30)19-10-2-1-3-11-19;27-25(28,29)18-14-16-19(17-15-18)26-23-12-6-4-10-21(23)22-11-5-7-13-24(22)30(26)20-8-2-1-3-9-20;27-25(28,29)18-14-16-20(17-15-18)30-24-13-7-5-11-22(24)21-10-4-6-12-23(21)26(30)19-8-2-1-3-9-19;1-19-11-5-8-16-23(19)26-24-17-9-6-14-21(24)22-15-7-10-18-25(22)27(26)20-12-3-2-4-13-20/h4*1-17H;2-18H,1H3. The summed E-state index contributed by atoms with van der Waals surface area (Å²) in [7, 11) is 0. The smallest absolute Gasteiger partial charge is 0.376 e. The van der Waals surface area contributed by atoms with Crippen LogP contribution in [0.5, 0.6) is 0 Å². The van der Waals surface area contributed by atoms with Gasteiger partial charge in [0.1, 0.15) is 0 Å². The lowest BCUT2D eigenvalue weighted by molar-refractivity contribution is -0.138. The monoisotopic (exact) mass is 1940 g/mol. The van der Waals surface area contributed by atoms with Crippen molar-refractivity contribution in [2.75, 3.05) is 24.1 Å². The van der Waals surface area contributed by atoms with Gasteiger partial charge in [0.05, 0.1) is 22.3 Å². The van der Waals surface area contributed by atoms with Crippen molar-refractivity contribution < 1.29 is 52.7 Å². The van der Waals surface area contributed by atoms with Crippen molar-refractivity contribution in [1.82, 2.24) is 0 Å². The number of para-hydroxylation sites is 8. The minimum absolute atomic E-state index is 0.144. The van der Waals surface area contributed by atoms with Gasteiger partial charge in [0.25, 0.3) is 0 Å². The summed E-state index contributed by atoms with van der Waals surface area (Å²) >= 11 is 0. The molecule has 0 aliphatic carbocycles. The number of hydrogen-bond acceptors (Lipinski definition) is 5. The van der Waals surface area contributed by atoms with E-state index >= 15 is 0 Å². The highest BCUT2D eigenvalue weighted by atomic mass is 19.4. The summed E-state index contributed by atoms with van der Waals surface area (Å²) in [6.07, 6.45) is -17.5. The molecule has 0 fully saturated rings. The molecule has 0 spiro atoms. The molecule has 0 radical (unpaired) electrons. The summed E-state index contributed by atoms with van der Waals surface area (Å²) in [6, 6.07) is 164. The van der Waals surface area contributed by atoms with Crippen LogP contribution in [-0.4, -0.2) is 34.2 Å². The van der Waals surface area contributed by atoms with Crippen LogP contribution < -0.4 is 78.7 Å². The second kappa shape index (κ2) is 40.9. The molecule has 20 aromatic rings. The number of rotatable bonds is 10. The third-order valence-corrected chi connectivity index (χ3v) is 27.7. The molecule has 5 aliphatic rings. The number of hydrogen-bond donors (Lipinski definition) is 0. The van der Waals surface area contributed by atoms with Crippen LogP contribution in [0.4, 0.5) is 110 Å². The Balaban J connectivity index is 0.000000108. The minimum atomic E-state index is -4.40. The van der Waals surface area contributed by atoms with Crippen LogP contribution in [0, 0.1) is 6.92 Å². The maximum Gasteiger partial charge on any atom is 0.416 e. The molecule has 5 heterocycles. The van der Waals surface area contributed by atoms with Gasteiger partial charge in [-0.15, -0.1) is 0 Å². The summed E-state index contributed by atoms with van der Waals surface area (Å²) in [6.45, 7) is 1.37. The largest absolute Gasteiger partial charge is 0.416 e. The zero-order chi connectivity index (χ0) is 101. The molecule has 0 bridgehead atoms. The van der Waals surface area contributed by atoms with Crippen LogP contribution in [0.25, 0.3) is 55.6 Å². The maximum atomic E-state index is 13.5. The van der Waals surface area contributed by atoms with Gasteiger partial charge in [-0.1, -0.05) is 434 Å². The van der Waals surface area contributed by atoms with Crippen LogP contribution in [0.15, 0.2) is 516 Å². The Morgan fingerprint density at radius 2 is 0.361 bits per heavy atom. The topological polar surface area (TPSA) is 16.2 Å². The van der Waals surface area contributed by atoms with Gasteiger partial charge < -0.3 is 24.1 Å². The number of benzene rings is 20. The van der Waals surface area contributed by atoms with E-state index in [1.165, 1.54) is 75.4 Å². The maximum absolute atomic E-state index is 13.5. The molecule has 5 aliphatic heterocycles. The Hall–Kier alpha value is -17.1. The van der Waals surface area contributed by atoms with E-state index in [2.05, 4.69) is 202 Å². The van der Waals surface area contributed by atoms with Crippen LogP contribution in [0.3, 0.4) is 0 Å². The fraction of sp³-hybridized carbons (Fsp3) is 0.0400. The van der Waals surface area contributed by atoms with Gasteiger partial charge in [-0.3, -0.25) is 0 Å². The molecule has 0 amide bonds. The molecule has 0 unspecified atom stereocenters. The predicted octanol–water partition coefficient (Wildman–Crippen LogP) is 27.4. The zero-order valence-electron chi connectivity index (χ0n) is 79.2. The van der Waals surface area contributed by atoms with Gasteiger partial charge in [0, 0.05) is 84.7 Å². The third-order valence-electron chi connectivity index (χ3n) is 27.7. The van der Waals surface area contributed by atoms with E-state index in [-0.39, 0.29) is 34.2 Å². The van der Waals surface area contributed by atoms with Crippen molar-refractivity contribution in [3.05, 3.63) is 543 Å². The first kappa shape index (κ1) is 96.0. The van der Waals surface area contributed by atoms with Crippen LogP contribution in [0.2, 0.25) is 0 Å². The molecular weight excluding hydrogens is 1850 g/mol. The van der Waals surface area contributed by atoms with Crippen molar-refractivity contribution in [2.45, 2.75) is 31.6 Å². The van der Waals surface area contributed by atoms with Gasteiger partial charge >= 0.3 is 58.9 Å². The van der Waals surface area contributed by atoms with Gasteiger partial charge in [0.15, 0.2) is 0 Å². The van der Waals surface area contributed by atoms with Crippen molar-refractivity contribution in [3.8, 4) is 55.6 Å². The predicted molar refractivity (Wildman–Crippen MR) is 584 cm³/mol. The molecule has 0 saturated heterocycles. The molecule has 0 saturated carbocycles. The van der Waals surface area contributed by atoms with Crippen LogP contribution in [-0.2, 0) is 24.7 Å². The van der Waals surface area contributed by atoms with Crippen molar-refractivity contribution in [2.24, 2.45) is 0 Å². The van der Waals surface area contributed by atoms with E-state index < -0.39 is 47.0 Å². The molecule has 0 atom stereocenters. The van der Waals surface area contributed by atoms with Gasteiger partial charge in [-0.25, -0.2) is 0 Å². The van der Waals surface area contributed by atoms with E-state index in [0.29, 0.717) is 11.2 Å². The fourth-order valence-corrected chi connectivity index (χ4v) is 21.2. The van der Waals surface area contributed by atoms with Gasteiger partial charge in [-0.05, 0) is 177 Å². The zero-order valence-corrected chi connectivity index (χ0v) is 79.2. The first-order chi connectivity index (χ1) is 71.5. The second-order valence-electron chi connectivity index (χ2n) is 36.4. The highest BCUT2D eigenvalue weighted by Gasteiger charge is 2.46. The molecule has 0 aromatic heterocycles. The highest BCUT2D eigenvalue weighted by molar-refractivity contribution is 6.93. The third kappa shape index (κ3) is 19.3. The van der Waals surface area contributed by atoms with Crippen LogP contribution in [0.1, 0.15) is 27.8 Å². The lowest BCUT2D eigenvalue weighted by Gasteiger charge is -2.39. The molecule has 147 heavy (non-hydrogen) atoms. The van der Waals surface area contributed by atoms with E-state index in [4.69, 9.17) is 0 Å². The normalized spacial score (nSPS) is 12.9. The lowest BCUT2D eigenvalue weighted by Crippen LogP contribution is -2.58. The number of anilines is 10. The SMILES string of the molecule is Cc1ccccc1B1c2ccccc2-c2ccccc2N1c1ccccc1.FC(F)(F)c1ccc(B2c3ccccc3-c3ccccc3N2c2ccccc2)cc1.FC(F)(F)c1ccc(N2B(c3ccccc3)c3ccccc3-c3ccccc32)cc1.FC(F)(F)c1cccc(B2c3ccccc3-c3ccccc3N2c2ccccc2)c1.FC(F)(F)c1cccc(N2B(c3ccccc3)c3ccccc3-c3ccccc32)c1. The molecule has 25 rings (SSSR count). The lowest BCUT2D eigenvalue weighted by atomic mass is 9.45. The highest BCUT2D eigenvalue weighted by Crippen LogP contribution is 2.48. The average molecular weight is 1940 g/mol. The van der Waals surface area contributed by atoms with E-state index in [1.807, 2.05) is 247 Å². The Morgan fingerprint density at radius 1 is 0.150 bits per heavy atom. The Morgan fingerprint density at radius 3 is 0.680 bits per heavy atom. The Kier molecular flexibility index (Phi) is 26.8. The summed E-state index contributed by atoms with van der Waals surface area (Å²) in [5, 5.41) is 0. The molecule has 5 nitrogen and oxygen atoms in total. The number of fused-ring (bicyclic) bond motifs is 15. The Labute approximate surface area is 847 Å². The first-order valence-corrected chi connectivity index (χ1v) is 48.4. The molecular formula is C125H88B5F12N5. The van der Waals surface area contributed by atoms with E-state index in [1.54, 1.807) is 36.4 Å². The van der Waals surface area contributed by atoms with E-state index in [0.717, 1.165) is 147 Å². The number of nitrogens with zero attached hydrogens (tertiary/aromatic N) is 5. The van der Waals surface area contributed by atoms with E-state index in [9.17, 15) is 52.7 Å². The average Bonchev–Trinajstić information content (AvgIpc) is 0.764. The Bertz CT molecular complexity index is 7710. The summed E-state index contributed by atoms with van der Waals surface area (Å²) in [5.74, 6) is 0. The second-order valence-corrected chi connectivity index (χ2v) is 36.4. The number of halogens is 12. The number of alkyl halides is 12. The quantitative estimate of drug-likeness (QED) is 0.0999. The minimum Gasteiger partial charge on any atom is -0.376 e. The van der Waals surface area contributed by atoms with Crippen molar-refractivity contribution in [1.29, 1.82) is 0 Å².